The molecule has 190 valence electrons. The van der Waals surface area contributed by atoms with Gasteiger partial charge in [-0.3, -0.25) is 4.55 Å². The molecule has 0 aliphatic carbocycles. The Balaban J connectivity index is 0. The standard InChI is InChI=1S/C14H30.C12H26O4S/c1-3-5-7-9-11-13-14-12-10-8-6-4-2;1-2-3-4-5-6-7-8-9-10-11-12-16-17(13,14)15/h3-14H2,1-2H3;2-12H2,1H3,(H,13,14,15). The van der Waals surface area contributed by atoms with Crippen molar-refractivity contribution in [2.24, 2.45) is 0 Å². The van der Waals surface area contributed by atoms with Crippen LogP contribution in [0, 0.1) is 0 Å². The monoisotopic (exact) mass is 464 g/mol. The number of hydrogen-bond donors (Lipinski definition) is 1. The van der Waals surface area contributed by atoms with E-state index in [0.717, 1.165) is 12.8 Å². The molecule has 0 rings (SSSR count). The molecule has 0 aliphatic rings. The van der Waals surface area contributed by atoms with Crippen LogP contribution in [0.15, 0.2) is 0 Å². The molecule has 0 spiro atoms. The number of hydrogen-bond acceptors (Lipinski definition) is 3. The smallest absolute Gasteiger partial charge is 0.264 e. The van der Waals surface area contributed by atoms with Crippen molar-refractivity contribution >= 4 is 10.4 Å². The highest BCUT2D eigenvalue weighted by Crippen LogP contribution is 2.12. The van der Waals surface area contributed by atoms with Gasteiger partial charge in [-0.1, -0.05) is 156 Å². The molecule has 0 aliphatic heterocycles. The van der Waals surface area contributed by atoms with Crippen LogP contribution in [0.4, 0.5) is 0 Å². The second-order valence-electron chi connectivity index (χ2n) is 8.97. The lowest BCUT2D eigenvalue weighted by atomic mass is 10.1. The van der Waals surface area contributed by atoms with E-state index < -0.39 is 10.4 Å². The van der Waals surface area contributed by atoms with E-state index in [4.69, 9.17) is 4.55 Å². The Bertz CT molecular complexity index is 398. The average Bonchev–Trinajstić information content (AvgIpc) is 2.73. The molecule has 0 saturated heterocycles. The first kappa shape index (κ1) is 33.0. The molecular weight excluding hydrogens is 408 g/mol. The Hall–Kier alpha value is -0.130. The van der Waals surface area contributed by atoms with E-state index in [0.29, 0.717) is 6.42 Å². The summed E-state index contributed by atoms with van der Waals surface area (Å²) in [6, 6.07) is 0. The van der Waals surface area contributed by atoms with Crippen molar-refractivity contribution in [2.75, 3.05) is 6.61 Å². The maximum atomic E-state index is 10.2. The Kier molecular flexibility index (Phi) is 29.7. The molecule has 0 aromatic carbocycles. The molecule has 0 unspecified atom stereocenters. The predicted octanol–water partition coefficient (Wildman–Crippen LogP) is 9.43. The Morgan fingerprint density at radius 1 is 0.452 bits per heavy atom. The van der Waals surface area contributed by atoms with Gasteiger partial charge in [-0.2, -0.15) is 8.42 Å². The van der Waals surface area contributed by atoms with Gasteiger partial charge in [0, 0.05) is 0 Å². The molecular formula is C26H56O4S. The third kappa shape index (κ3) is 37.5. The van der Waals surface area contributed by atoms with Crippen LogP contribution in [0.2, 0.25) is 0 Å². The first-order chi connectivity index (χ1) is 15.0. The van der Waals surface area contributed by atoms with E-state index in [2.05, 4.69) is 25.0 Å². The van der Waals surface area contributed by atoms with Crippen molar-refractivity contribution in [1.29, 1.82) is 0 Å². The summed E-state index contributed by atoms with van der Waals surface area (Å²) in [4.78, 5) is 0. The summed E-state index contributed by atoms with van der Waals surface area (Å²) in [5, 5.41) is 0. The molecule has 5 heteroatoms. The van der Waals surface area contributed by atoms with Crippen molar-refractivity contribution < 1.29 is 17.2 Å². The van der Waals surface area contributed by atoms with Crippen LogP contribution in [0.3, 0.4) is 0 Å². The lowest BCUT2D eigenvalue weighted by molar-refractivity contribution is 0.261. The second kappa shape index (κ2) is 27.9. The van der Waals surface area contributed by atoms with Crippen molar-refractivity contribution in [3.05, 3.63) is 0 Å². The Morgan fingerprint density at radius 3 is 0.903 bits per heavy atom. The van der Waals surface area contributed by atoms with Gasteiger partial charge in [0.2, 0.25) is 0 Å². The molecule has 0 heterocycles. The lowest BCUT2D eigenvalue weighted by Gasteiger charge is -2.02. The fourth-order valence-electron chi connectivity index (χ4n) is 3.67. The van der Waals surface area contributed by atoms with Gasteiger partial charge in [-0.15, -0.1) is 0 Å². The molecule has 0 aromatic rings. The van der Waals surface area contributed by atoms with E-state index >= 15 is 0 Å². The van der Waals surface area contributed by atoms with E-state index in [1.807, 2.05) is 0 Å². The van der Waals surface area contributed by atoms with Crippen LogP contribution in [0.25, 0.3) is 0 Å². The summed E-state index contributed by atoms with van der Waals surface area (Å²) < 4.78 is 33.0. The Labute approximate surface area is 196 Å². The first-order valence-electron chi connectivity index (χ1n) is 13.6. The summed E-state index contributed by atoms with van der Waals surface area (Å²) >= 11 is 0. The minimum atomic E-state index is -4.23. The minimum Gasteiger partial charge on any atom is -0.264 e. The quantitative estimate of drug-likeness (QED) is 0.121. The van der Waals surface area contributed by atoms with Gasteiger partial charge in [0.25, 0.3) is 0 Å². The fourth-order valence-corrected chi connectivity index (χ4v) is 4.00. The second-order valence-corrected chi connectivity index (χ2v) is 10.1. The summed E-state index contributed by atoms with van der Waals surface area (Å²) in [7, 11) is -4.23. The molecule has 0 atom stereocenters. The SMILES string of the molecule is CCCCCCCCCCCCCC.CCCCCCCCCCCCOS(=O)(=O)O. The third-order valence-electron chi connectivity index (χ3n) is 5.69. The van der Waals surface area contributed by atoms with Gasteiger partial charge in [0.05, 0.1) is 6.61 Å². The number of unbranched alkanes of at least 4 members (excludes halogenated alkanes) is 20. The van der Waals surface area contributed by atoms with Crippen LogP contribution < -0.4 is 0 Å². The van der Waals surface area contributed by atoms with Gasteiger partial charge in [-0.05, 0) is 6.42 Å². The summed E-state index contributed by atoms with van der Waals surface area (Å²) in [5.74, 6) is 0. The van der Waals surface area contributed by atoms with Crippen LogP contribution in [0.1, 0.15) is 162 Å². The predicted molar refractivity (Wildman–Crippen MR) is 136 cm³/mol. The molecule has 0 bridgehead atoms. The molecule has 31 heavy (non-hydrogen) atoms. The number of rotatable bonds is 23. The highest BCUT2D eigenvalue weighted by molar-refractivity contribution is 7.80. The average molecular weight is 465 g/mol. The van der Waals surface area contributed by atoms with Gasteiger partial charge in [0.15, 0.2) is 0 Å². The van der Waals surface area contributed by atoms with Gasteiger partial charge in [0.1, 0.15) is 0 Å². The van der Waals surface area contributed by atoms with Crippen molar-refractivity contribution in [1.82, 2.24) is 0 Å². The molecule has 1 N–H and O–H groups in total. The maximum absolute atomic E-state index is 10.2. The third-order valence-corrected chi connectivity index (χ3v) is 6.15. The van der Waals surface area contributed by atoms with E-state index in [-0.39, 0.29) is 6.61 Å². The van der Waals surface area contributed by atoms with Crippen molar-refractivity contribution in [3.63, 3.8) is 0 Å². The van der Waals surface area contributed by atoms with Crippen molar-refractivity contribution in [2.45, 2.75) is 162 Å². The molecule has 0 aromatic heterocycles. The van der Waals surface area contributed by atoms with Crippen LogP contribution in [0.5, 0.6) is 0 Å². The van der Waals surface area contributed by atoms with E-state index in [9.17, 15) is 8.42 Å². The molecule has 0 saturated carbocycles. The lowest BCUT2D eigenvalue weighted by Crippen LogP contribution is -2.04. The topological polar surface area (TPSA) is 63.6 Å². The summed E-state index contributed by atoms with van der Waals surface area (Å²) in [5.41, 5.74) is 0. The van der Waals surface area contributed by atoms with E-state index in [1.54, 1.807) is 0 Å². The zero-order valence-corrected chi connectivity index (χ0v) is 22.2. The molecule has 4 nitrogen and oxygen atoms in total. The highest BCUT2D eigenvalue weighted by Gasteiger charge is 2.02. The summed E-state index contributed by atoms with van der Waals surface area (Å²) in [6.45, 7) is 6.88. The zero-order chi connectivity index (χ0) is 23.5. The van der Waals surface area contributed by atoms with Gasteiger partial charge < -0.3 is 0 Å². The minimum absolute atomic E-state index is 0.0926. The first-order valence-corrected chi connectivity index (χ1v) is 15.0. The van der Waals surface area contributed by atoms with Crippen LogP contribution in [-0.4, -0.2) is 19.6 Å². The molecule has 0 amide bonds. The largest absolute Gasteiger partial charge is 0.397 e. The summed E-state index contributed by atoms with van der Waals surface area (Å²) in [6.07, 6.45) is 29.3. The normalized spacial score (nSPS) is 11.4. The zero-order valence-electron chi connectivity index (χ0n) is 21.3. The van der Waals surface area contributed by atoms with Crippen LogP contribution >= 0.6 is 0 Å². The van der Waals surface area contributed by atoms with Crippen LogP contribution in [-0.2, 0) is 14.6 Å². The van der Waals surface area contributed by atoms with Crippen molar-refractivity contribution in [3.8, 4) is 0 Å². The van der Waals surface area contributed by atoms with E-state index in [1.165, 1.54) is 122 Å². The fraction of sp³-hybridized carbons (Fsp3) is 1.00. The molecule has 0 fully saturated rings. The Morgan fingerprint density at radius 2 is 0.677 bits per heavy atom. The molecule has 0 radical (unpaired) electrons. The maximum Gasteiger partial charge on any atom is 0.397 e. The van der Waals surface area contributed by atoms with Gasteiger partial charge in [-0.25, -0.2) is 4.18 Å². The van der Waals surface area contributed by atoms with Gasteiger partial charge >= 0.3 is 10.4 Å². The highest BCUT2D eigenvalue weighted by atomic mass is 32.3.